The molecule has 15 heteroatoms. The lowest BCUT2D eigenvalue weighted by molar-refractivity contribution is -0.119. The average molecular weight is 582 g/mol. The fourth-order valence-corrected chi connectivity index (χ4v) is 5.32. The first kappa shape index (κ1) is 27.9. The summed E-state index contributed by atoms with van der Waals surface area (Å²) >= 11 is 5.84. The number of aromatic nitrogens is 5. The third-order valence-corrected chi connectivity index (χ3v) is 7.53. The molecule has 2 aliphatic rings. The Balaban J connectivity index is 1.42. The molecule has 3 aromatic rings. The Morgan fingerprint density at radius 2 is 1.95 bits per heavy atom. The second kappa shape index (κ2) is 11.4. The molecule has 3 aromatic heterocycles. The van der Waals surface area contributed by atoms with Crippen LogP contribution in [0.4, 0.5) is 18.9 Å². The molecule has 11 nitrogen and oxygen atoms in total. The van der Waals surface area contributed by atoms with Gasteiger partial charge in [-0.25, -0.2) is 13.9 Å². The zero-order valence-corrected chi connectivity index (χ0v) is 22.1. The molecular formula is C25H27ClF3N7O4. The summed E-state index contributed by atoms with van der Waals surface area (Å²) in [6, 6.07) is -1.29. The number of nitrogens with one attached hydrogen (secondary N) is 3. The van der Waals surface area contributed by atoms with Crippen LogP contribution in [0.3, 0.4) is 0 Å². The second-order valence-corrected chi connectivity index (χ2v) is 10.5. The molecule has 0 aromatic carbocycles. The molecule has 2 fully saturated rings. The van der Waals surface area contributed by atoms with Crippen LogP contribution in [0.25, 0.3) is 0 Å². The maximum atomic E-state index is 15.0. The average Bonchev–Trinajstić information content (AvgIpc) is 3.85. The summed E-state index contributed by atoms with van der Waals surface area (Å²) in [4.78, 5) is 39.0. The number of alkyl halides is 2. The fraction of sp³-hybridized carbons (Fsp3) is 0.520. The van der Waals surface area contributed by atoms with Crippen molar-refractivity contribution in [3.63, 3.8) is 0 Å². The Morgan fingerprint density at radius 1 is 1.25 bits per heavy atom. The maximum Gasteiger partial charge on any atom is 0.269 e. The molecule has 2 unspecified atom stereocenters. The lowest BCUT2D eigenvalue weighted by Crippen LogP contribution is -2.50. The van der Waals surface area contributed by atoms with E-state index in [4.69, 9.17) is 16.1 Å². The van der Waals surface area contributed by atoms with Crippen LogP contribution >= 0.6 is 11.6 Å². The summed E-state index contributed by atoms with van der Waals surface area (Å²) in [5, 5.41) is 18.2. The van der Waals surface area contributed by atoms with Gasteiger partial charge in [0.25, 0.3) is 17.4 Å². The number of rotatable bonds is 12. The van der Waals surface area contributed by atoms with Crippen LogP contribution in [0, 0.1) is 23.7 Å². The van der Waals surface area contributed by atoms with E-state index in [1.54, 1.807) is 0 Å². The first-order valence-electron chi connectivity index (χ1n) is 13.0. The molecule has 0 aliphatic heterocycles. The Hall–Kier alpha value is -3.68. The van der Waals surface area contributed by atoms with Crippen molar-refractivity contribution in [2.45, 2.75) is 64.0 Å². The molecular weight excluding hydrogens is 555 g/mol. The van der Waals surface area contributed by atoms with Gasteiger partial charge >= 0.3 is 0 Å². The number of anilines is 1. The number of hydrogen-bond acceptors (Lipinski definition) is 7. The summed E-state index contributed by atoms with van der Waals surface area (Å²) in [6.45, 7) is 1.81. The third-order valence-electron chi connectivity index (χ3n) is 7.34. The van der Waals surface area contributed by atoms with Crippen LogP contribution < -0.4 is 16.2 Å². The minimum atomic E-state index is -2.87. The minimum Gasteiger partial charge on any atom is -0.364 e. The fourth-order valence-electron chi connectivity index (χ4n) is 5.16. The molecule has 0 radical (unpaired) electrons. The smallest absolute Gasteiger partial charge is 0.269 e. The maximum absolute atomic E-state index is 15.0. The van der Waals surface area contributed by atoms with E-state index in [9.17, 15) is 27.6 Å². The van der Waals surface area contributed by atoms with E-state index in [-0.39, 0.29) is 39.7 Å². The van der Waals surface area contributed by atoms with Crippen molar-refractivity contribution in [3.05, 3.63) is 56.8 Å². The number of carbonyl (C=O) groups is 2. The first-order chi connectivity index (χ1) is 19.2. The van der Waals surface area contributed by atoms with E-state index in [0.717, 1.165) is 42.6 Å². The van der Waals surface area contributed by atoms with Crippen LogP contribution in [0.15, 0.2) is 27.8 Å². The summed E-state index contributed by atoms with van der Waals surface area (Å²) in [6.07, 6.45) is 2.61. The van der Waals surface area contributed by atoms with Crippen molar-refractivity contribution in [2.75, 3.05) is 5.32 Å². The van der Waals surface area contributed by atoms with Crippen LogP contribution in [-0.4, -0.2) is 49.4 Å². The highest BCUT2D eigenvalue weighted by Crippen LogP contribution is 2.51. The molecule has 2 saturated carbocycles. The molecule has 214 valence electrons. The van der Waals surface area contributed by atoms with Crippen molar-refractivity contribution in [1.29, 1.82) is 0 Å². The molecule has 3 heterocycles. The van der Waals surface area contributed by atoms with Crippen LogP contribution in [0.5, 0.6) is 0 Å². The molecule has 2 amide bonds. The van der Waals surface area contributed by atoms with E-state index < -0.39 is 48.3 Å². The second-order valence-electron chi connectivity index (χ2n) is 10.2. The molecule has 0 spiro atoms. The standard InChI is InChI=1S/C25H27ClF3N7O4/c1-2-15-14(10-40-35-15)23(37)31-21(20(11-3-4-11)12-5-6-12)25(39)30-16-9-36(34-22(16)29)17(8-19(27)28)13-7-18(26)32-33-24(13)38/h7,9-12,17,19-21H,2-6,8H2,1H3,(H,30,39)(H,31,37)(H,33,38). The minimum absolute atomic E-state index is 0.154. The Labute approximate surface area is 230 Å². The normalized spacial score (nSPS) is 16.8. The van der Waals surface area contributed by atoms with Gasteiger partial charge in [0.05, 0.1) is 17.9 Å². The van der Waals surface area contributed by atoms with Crippen molar-refractivity contribution in [3.8, 4) is 0 Å². The quantitative estimate of drug-likeness (QED) is 0.295. The largest absolute Gasteiger partial charge is 0.364 e. The molecule has 5 rings (SSSR count). The number of aryl methyl sites for hydroxylation is 1. The number of halogens is 4. The van der Waals surface area contributed by atoms with Crippen molar-refractivity contribution >= 4 is 29.1 Å². The summed E-state index contributed by atoms with van der Waals surface area (Å²) < 4.78 is 47.6. The summed E-state index contributed by atoms with van der Waals surface area (Å²) in [5.41, 5.74) is -0.731. The lowest BCUT2D eigenvalue weighted by atomic mass is 9.88. The van der Waals surface area contributed by atoms with Gasteiger partial charge in [-0.3, -0.25) is 19.1 Å². The first-order valence-corrected chi connectivity index (χ1v) is 13.4. The number of nitrogens with zero attached hydrogens (tertiary/aromatic N) is 4. The van der Waals surface area contributed by atoms with Gasteiger partial charge in [-0.05, 0) is 55.9 Å². The van der Waals surface area contributed by atoms with Gasteiger partial charge in [0.1, 0.15) is 28.7 Å². The number of H-pyrrole nitrogens is 1. The van der Waals surface area contributed by atoms with Crippen molar-refractivity contribution in [2.24, 2.45) is 17.8 Å². The van der Waals surface area contributed by atoms with E-state index in [1.807, 2.05) is 6.92 Å². The van der Waals surface area contributed by atoms with Gasteiger partial charge < -0.3 is 15.2 Å². The van der Waals surface area contributed by atoms with Crippen LogP contribution in [0.1, 0.15) is 66.7 Å². The van der Waals surface area contributed by atoms with Gasteiger partial charge in [-0.1, -0.05) is 23.7 Å². The SMILES string of the molecule is CCc1nocc1C(=O)NC(C(=O)Nc1cn(C(CC(F)F)c2cc(Cl)n[nH]c2=O)nc1F)C(C1CC1)C1CC1. The monoisotopic (exact) mass is 581 g/mol. The molecule has 40 heavy (non-hydrogen) atoms. The molecule has 2 atom stereocenters. The lowest BCUT2D eigenvalue weighted by Gasteiger charge is -2.27. The highest BCUT2D eigenvalue weighted by Gasteiger charge is 2.48. The third kappa shape index (κ3) is 6.06. The van der Waals surface area contributed by atoms with Crippen LogP contribution in [0.2, 0.25) is 5.15 Å². The van der Waals surface area contributed by atoms with Gasteiger partial charge in [-0.15, -0.1) is 5.10 Å². The molecule has 2 aliphatic carbocycles. The summed E-state index contributed by atoms with van der Waals surface area (Å²) in [5.74, 6) is -2.02. The van der Waals surface area contributed by atoms with E-state index in [0.29, 0.717) is 12.1 Å². The molecule has 0 bridgehead atoms. The van der Waals surface area contributed by atoms with Crippen LogP contribution in [-0.2, 0) is 11.2 Å². The molecule has 0 saturated heterocycles. The highest BCUT2D eigenvalue weighted by atomic mass is 35.5. The van der Waals surface area contributed by atoms with E-state index in [1.165, 1.54) is 6.26 Å². The van der Waals surface area contributed by atoms with Gasteiger partial charge in [-0.2, -0.15) is 9.49 Å². The van der Waals surface area contributed by atoms with Gasteiger partial charge in [0.15, 0.2) is 0 Å². The van der Waals surface area contributed by atoms with Gasteiger partial charge in [0.2, 0.25) is 12.3 Å². The van der Waals surface area contributed by atoms with E-state index >= 15 is 0 Å². The zero-order valence-electron chi connectivity index (χ0n) is 21.4. The Kier molecular flexibility index (Phi) is 7.97. The van der Waals surface area contributed by atoms with Gasteiger partial charge in [0, 0.05) is 12.0 Å². The number of amides is 2. The van der Waals surface area contributed by atoms with Crippen molar-refractivity contribution in [1.82, 2.24) is 30.5 Å². The molecule has 3 N–H and O–H groups in total. The number of hydrogen-bond donors (Lipinski definition) is 3. The Morgan fingerprint density at radius 3 is 2.58 bits per heavy atom. The van der Waals surface area contributed by atoms with Crippen molar-refractivity contribution < 1.29 is 27.3 Å². The Bertz CT molecular complexity index is 1440. The topological polar surface area (TPSA) is 148 Å². The summed E-state index contributed by atoms with van der Waals surface area (Å²) in [7, 11) is 0. The predicted molar refractivity (Wildman–Crippen MR) is 136 cm³/mol. The zero-order chi connectivity index (χ0) is 28.6. The van der Waals surface area contributed by atoms with E-state index in [2.05, 4.69) is 31.1 Å². The number of carbonyl (C=O) groups excluding carboxylic acids is 2. The highest BCUT2D eigenvalue weighted by molar-refractivity contribution is 6.29. The number of aromatic amines is 1. The predicted octanol–water partition coefficient (Wildman–Crippen LogP) is 3.73.